The van der Waals surface area contributed by atoms with Crippen LogP contribution >= 0.6 is 0 Å². The van der Waals surface area contributed by atoms with Gasteiger partial charge in [-0.05, 0) is 25.8 Å². The molecular formula is C17H27N3O2S. The summed E-state index contributed by atoms with van der Waals surface area (Å²) in [6, 6.07) is 10.9. The molecule has 1 aromatic carbocycles. The second-order valence-electron chi connectivity index (χ2n) is 7.23. The fraction of sp³-hybridized carbons (Fsp3) is 0.647. The van der Waals surface area contributed by atoms with E-state index in [1.54, 1.807) is 4.31 Å². The van der Waals surface area contributed by atoms with Gasteiger partial charge >= 0.3 is 0 Å². The first-order chi connectivity index (χ1) is 10.8. The number of hydrogen-bond donors (Lipinski definition) is 0. The summed E-state index contributed by atoms with van der Waals surface area (Å²) in [5.74, 6) is 0. The third-order valence-electron chi connectivity index (χ3n) is 5.20. The minimum atomic E-state index is -3.16. The molecule has 128 valence electrons. The van der Waals surface area contributed by atoms with Crippen molar-refractivity contribution in [2.24, 2.45) is 0 Å². The van der Waals surface area contributed by atoms with Crippen molar-refractivity contribution in [3.05, 3.63) is 35.9 Å². The molecule has 2 fully saturated rings. The van der Waals surface area contributed by atoms with Crippen molar-refractivity contribution in [3.63, 3.8) is 0 Å². The molecule has 0 aromatic heterocycles. The monoisotopic (exact) mass is 337 g/mol. The average molecular weight is 337 g/mol. The van der Waals surface area contributed by atoms with E-state index >= 15 is 0 Å². The van der Waals surface area contributed by atoms with Crippen molar-refractivity contribution in [2.75, 3.05) is 39.1 Å². The second kappa shape index (κ2) is 6.16. The van der Waals surface area contributed by atoms with Gasteiger partial charge in [-0.15, -0.1) is 0 Å². The number of fused-ring (bicyclic) bond motifs is 1. The smallest absolute Gasteiger partial charge is 0.212 e. The molecule has 6 heteroatoms. The molecule has 0 radical (unpaired) electrons. The summed E-state index contributed by atoms with van der Waals surface area (Å²) in [4.78, 5) is 4.85. The molecule has 0 amide bonds. The van der Waals surface area contributed by atoms with Gasteiger partial charge in [0, 0.05) is 32.2 Å². The van der Waals surface area contributed by atoms with Crippen LogP contribution in [0.25, 0.3) is 0 Å². The lowest BCUT2D eigenvalue weighted by atomic mass is 9.87. The summed E-state index contributed by atoms with van der Waals surface area (Å²) < 4.78 is 25.8. The van der Waals surface area contributed by atoms with Gasteiger partial charge in [-0.3, -0.25) is 9.80 Å². The first-order valence-corrected chi connectivity index (χ1v) is 10.1. The normalized spacial score (nSPS) is 27.5. The lowest BCUT2D eigenvalue weighted by molar-refractivity contribution is 0.0192. The summed E-state index contributed by atoms with van der Waals surface area (Å²) >= 11 is 0. The third kappa shape index (κ3) is 3.45. The fourth-order valence-electron chi connectivity index (χ4n) is 3.85. The Labute approximate surface area is 139 Å². The molecule has 1 unspecified atom stereocenters. The molecule has 0 spiro atoms. The SMILES string of the molecule is CC(C)N1CCN2CN(S(C)(=O)=O)CC2(Cc2ccccc2)C1. The van der Waals surface area contributed by atoms with Crippen LogP contribution in [0.15, 0.2) is 30.3 Å². The van der Waals surface area contributed by atoms with Gasteiger partial charge in [-0.1, -0.05) is 30.3 Å². The highest BCUT2D eigenvalue weighted by molar-refractivity contribution is 7.88. The number of sulfonamides is 1. The van der Waals surface area contributed by atoms with Crippen molar-refractivity contribution in [2.45, 2.75) is 31.8 Å². The van der Waals surface area contributed by atoms with Crippen LogP contribution < -0.4 is 0 Å². The number of rotatable bonds is 4. The third-order valence-corrected chi connectivity index (χ3v) is 6.38. The Hall–Kier alpha value is -0.950. The van der Waals surface area contributed by atoms with E-state index in [9.17, 15) is 8.42 Å². The number of nitrogens with zero attached hydrogens (tertiary/aromatic N) is 3. The predicted molar refractivity (Wildman–Crippen MR) is 92.7 cm³/mol. The standard InChI is InChI=1S/C17H27N3O2S/c1-15(2)18-9-10-19-14-20(23(3,21)22)13-17(19,12-18)11-16-7-5-4-6-8-16/h4-8,15H,9-14H2,1-3H3. The molecule has 1 atom stereocenters. The molecule has 0 N–H and O–H groups in total. The average Bonchev–Trinajstić information content (AvgIpc) is 2.86. The second-order valence-corrected chi connectivity index (χ2v) is 9.21. The van der Waals surface area contributed by atoms with Crippen LogP contribution in [0.1, 0.15) is 19.4 Å². The predicted octanol–water partition coefficient (Wildman–Crippen LogP) is 1.23. The van der Waals surface area contributed by atoms with Gasteiger partial charge in [-0.2, -0.15) is 4.31 Å². The van der Waals surface area contributed by atoms with Crippen molar-refractivity contribution in [3.8, 4) is 0 Å². The van der Waals surface area contributed by atoms with Crippen LogP contribution in [-0.2, 0) is 16.4 Å². The van der Waals surface area contributed by atoms with E-state index < -0.39 is 10.0 Å². The minimum Gasteiger partial charge on any atom is -0.298 e. The van der Waals surface area contributed by atoms with Crippen LogP contribution in [0.5, 0.6) is 0 Å². The summed E-state index contributed by atoms with van der Waals surface area (Å²) in [5, 5.41) is 0. The minimum absolute atomic E-state index is 0.118. The van der Waals surface area contributed by atoms with E-state index in [0.717, 1.165) is 26.1 Å². The number of hydrogen-bond acceptors (Lipinski definition) is 4. The first kappa shape index (κ1) is 16.9. The van der Waals surface area contributed by atoms with Crippen LogP contribution in [0.2, 0.25) is 0 Å². The van der Waals surface area contributed by atoms with Gasteiger partial charge in [0.15, 0.2) is 0 Å². The molecule has 2 aliphatic heterocycles. The maximum Gasteiger partial charge on any atom is 0.212 e. The molecule has 2 saturated heterocycles. The Bertz CT molecular complexity index is 647. The lowest BCUT2D eigenvalue weighted by Gasteiger charge is -2.47. The van der Waals surface area contributed by atoms with Crippen LogP contribution in [0.3, 0.4) is 0 Å². The van der Waals surface area contributed by atoms with E-state index in [1.165, 1.54) is 11.8 Å². The molecule has 23 heavy (non-hydrogen) atoms. The Morgan fingerprint density at radius 3 is 2.43 bits per heavy atom. The zero-order valence-corrected chi connectivity index (χ0v) is 15.1. The number of benzene rings is 1. The maximum absolute atomic E-state index is 12.1. The van der Waals surface area contributed by atoms with Crippen molar-refractivity contribution >= 4 is 10.0 Å². The topological polar surface area (TPSA) is 43.9 Å². The quantitative estimate of drug-likeness (QED) is 0.829. The molecule has 3 rings (SSSR count). The zero-order chi connectivity index (χ0) is 16.7. The van der Waals surface area contributed by atoms with Crippen LogP contribution in [0, 0.1) is 0 Å². The van der Waals surface area contributed by atoms with Gasteiger partial charge in [0.05, 0.1) is 18.5 Å². The van der Waals surface area contributed by atoms with Gasteiger partial charge in [0.1, 0.15) is 0 Å². The van der Waals surface area contributed by atoms with E-state index in [-0.39, 0.29) is 5.54 Å². The van der Waals surface area contributed by atoms with Gasteiger partial charge < -0.3 is 0 Å². The van der Waals surface area contributed by atoms with Gasteiger partial charge in [0.2, 0.25) is 10.0 Å². The van der Waals surface area contributed by atoms with Crippen molar-refractivity contribution in [1.29, 1.82) is 0 Å². The molecule has 0 aliphatic carbocycles. The van der Waals surface area contributed by atoms with E-state index in [0.29, 0.717) is 19.3 Å². The summed E-state index contributed by atoms with van der Waals surface area (Å²) in [6.07, 6.45) is 2.21. The van der Waals surface area contributed by atoms with Crippen molar-refractivity contribution in [1.82, 2.24) is 14.1 Å². The summed E-state index contributed by atoms with van der Waals surface area (Å²) in [7, 11) is -3.16. The number of piperazine rings is 1. The van der Waals surface area contributed by atoms with Crippen molar-refractivity contribution < 1.29 is 8.42 Å². The van der Waals surface area contributed by atoms with Gasteiger partial charge in [-0.25, -0.2) is 8.42 Å². The molecule has 0 bridgehead atoms. The van der Waals surface area contributed by atoms with E-state index in [4.69, 9.17) is 0 Å². The van der Waals surface area contributed by atoms with E-state index in [2.05, 4.69) is 47.9 Å². The van der Waals surface area contributed by atoms with Crippen LogP contribution in [-0.4, -0.2) is 73.2 Å². The first-order valence-electron chi connectivity index (χ1n) is 8.28. The van der Waals surface area contributed by atoms with E-state index in [1.807, 2.05) is 6.07 Å². The largest absolute Gasteiger partial charge is 0.298 e. The molecule has 2 heterocycles. The molecule has 5 nitrogen and oxygen atoms in total. The Balaban J connectivity index is 1.91. The highest BCUT2D eigenvalue weighted by Gasteiger charge is 2.50. The van der Waals surface area contributed by atoms with Gasteiger partial charge in [0.25, 0.3) is 0 Å². The van der Waals surface area contributed by atoms with Crippen LogP contribution in [0.4, 0.5) is 0 Å². The molecule has 1 aromatic rings. The Kier molecular flexibility index (Phi) is 4.53. The fourth-order valence-corrected chi connectivity index (χ4v) is 4.67. The lowest BCUT2D eigenvalue weighted by Crippen LogP contribution is -2.62. The summed E-state index contributed by atoms with van der Waals surface area (Å²) in [5.41, 5.74) is 1.16. The molecular weight excluding hydrogens is 310 g/mol. The highest BCUT2D eigenvalue weighted by atomic mass is 32.2. The highest BCUT2D eigenvalue weighted by Crippen LogP contribution is 2.34. The zero-order valence-electron chi connectivity index (χ0n) is 14.3. The maximum atomic E-state index is 12.1. The molecule has 2 aliphatic rings. The summed E-state index contributed by atoms with van der Waals surface area (Å²) in [6.45, 7) is 8.40. The Morgan fingerprint density at radius 1 is 1.13 bits per heavy atom. The molecule has 0 saturated carbocycles. The Morgan fingerprint density at radius 2 is 1.83 bits per heavy atom.